The first kappa shape index (κ1) is 9.05. The monoisotopic (exact) mass is 184 g/mol. The molecule has 0 spiro atoms. The van der Waals surface area contributed by atoms with E-state index in [4.69, 9.17) is 10.2 Å². The van der Waals surface area contributed by atoms with Crippen molar-refractivity contribution in [3.63, 3.8) is 0 Å². The van der Waals surface area contributed by atoms with Crippen LogP contribution in [0.1, 0.15) is 0 Å². The standard InChI is InChI=1S/C6H4F4O2/c7-3-1-2(11)4(8)5(9)6(3,10)12/h1,5,11-12H. The molecule has 2 unspecified atom stereocenters. The molecule has 6 heteroatoms. The van der Waals surface area contributed by atoms with E-state index in [-0.39, 0.29) is 6.08 Å². The summed E-state index contributed by atoms with van der Waals surface area (Å²) in [6, 6.07) is 0. The summed E-state index contributed by atoms with van der Waals surface area (Å²) < 4.78 is 49.3. The number of hydrogen-bond donors (Lipinski definition) is 2. The average Bonchev–Trinajstić information content (AvgIpc) is 1.99. The highest BCUT2D eigenvalue weighted by Crippen LogP contribution is 2.36. The van der Waals surface area contributed by atoms with E-state index in [1.165, 1.54) is 0 Å². The number of hydrogen-bond acceptors (Lipinski definition) is 2. The van der Waals surface area contributed by atoms with Gasteiger partial charge in [0.15, 0.2) is 17.4 Å². The van der Waals surface area contributed by atoms with Crippen LogP contribution in [0.2, 0.25) is 0 Å². The normalized spacial score (nSPS) is 36.8. The molecule has 0 aromatic rings. The Morgan fingerprint density at radius 2 is 1.92 bits per heavy atom. The van der Waals surface area contributed by atoms with Crippen LogP contribution >= 0.6 is 0 Å². The van der Waals surface area contributed by atoms with E-state index in [0.717, 1.165) is 0 Å². The van der Waals surface area contributed by atoms with Gasteiger partial charge in [-0.25, -0.2) is 17.6 Å². The summed E-state index contributed by atoms with van der Waals surface area (Å²) in [5, 5.41) is 16.8. The first-order valence-corrected chi connectivity index (χ1v) is 2.89. The molecule has 2 atom stereocenters. The highest BCUT2D eigenvalue weighted by molar-refractivity contribution is 5.31. The molecule has 1 aliphatic rings. The Hall–Kier alpha value is -1.04. The van der Waals surface area contributed by atoms with Gasteiger partial charge in [-0.05, 0) is 0 Å². The Kier molecular flexibility index (Phi) is 1.87. The van der Waals surface area contributed by atoms with Crippen molar-refractivity contribution >= 4 is 0 Å². The van der Waals surface area contributed by atoms with Crippen molar-refractivity contribution < 1.29 is 27.8 Å². The number of alkyl halides is 2. The predicted molar refractivity (Wildman–Crippen MR) is 30.9 cm³/mol. The topological polar surface area (TPSA) is 40.5 Å². The quantitative estimate of drug-likeness (QED) is 0.561. The van der Waals surface area contributed by atoms with Gasteiger partial charge in [0, 0.05) is 6.08 Å². The van der Waals surface area contributed by atoms with Crippen LogP contribution in [-0.2, 0) is 0 Å². The van der Waals surface area contributed by atoms with Crippen LogP contribution in [0.15, 0.2) is 23.5 Å². The fraction of sp³-hybridized carbons (Fsp3) is 0.333. The zero-order valence-corrected chi connectivity index (χ0v) is 5.56. The summed E-state index contributed by atoms with van der Waals surface area (Å²) in [4.78, 5) is 0. The molecule has 0 radical (unpaired) electrons. The highest BCUT2D eigenvalue weighted by atomic mass is 19.2. The van der Waals surface area contributed by atoms with E-state index in [0.29, 0.717) is 0 Å². The molecule has 0 aromatic carbocycles. The van der Waals surface area contributed by atoms with E-state index in [1.807, 2.05) is 0 Å². The predicted octanol–water partition coefficient (Wildman–Crippen LogP) is 1.59. The second kappa shape index (κ2) is 2.48. The number of halogens is 4. The first-order chi connectivity index (χ1) is 5.37. The lowest BCUT2D eigenvalue weighted by Crippen LogP contribution is -2.38. The van der Waals surface area contributed by atoms with Crippen molar-refractivity contribution in [2.75, 3.05) is 0 Å². The zero-order valence-electron chi connectivity index (χ0n) is 5.56. The van der Waals surface area contributed by atoms with Gasteiger partial charge in [-0.15, -0.1) is 0 Å². The second-order valence-electron chi connectivity index (χ2n) is 2.26. The molecule has 1 rings (SSSR count). The summed E-state index contributed by atoms with van der Waals surface area (Å²) >= 11 is 0. The first-order valence-electron chi connectivity index (χ1n) is 2.89. The van der Waals surface area contributed by atoms with Crippen LogP contribution in [0.25, 0.3) is 0 Å². The maximum atomic E-state index is 12.4. The summed E-state index contributed by atoms with van der Waals surface area (Å²) in [7, 11) is 0. The summed E-state index contributed by atoms with van der Waals surface area (Å²) in [6.07, 6.45) is -3.24. The van der Waals surface area contributed by atoms with Crippen molar-refractivity contribution in [2.24, 2.45) is 0 Å². The molecule has 2 nitrogen and oxygen atoms in total. The van der Waals surface area contributed by atoms with Gasteiger partial charge < -0.3 is 10.2 Å². The third-order valence-corrected chi connectivity index (χ3v) is 1.40. The molecule has 0 aromatic heterocycles. The Labute approximate surface area is 64.4 Å². The minimum absolute atomic E-state index is 0.0224. The molecule has 0 heterocycles. The van der Waals surface area contributed by atoms with E-state index in [2.05, 4.69) is 0 Å². The number of allylic oxidation sites excluding steroid dienone is 1. The van der Waals surface area contributed by atoms with E-state index in [1.54, 1.807) is 0 Å². The van der Waals surface area contributed by atoms with Crippen molar-refractivity contribution in [2.45, 2.75) is 12.0 Å². The van der Waals surface area contributed by atoms with Gasteiger partial charge in [0.1, 0.15) is 0 Å². The second-order valence-corrected chi connectivity index (χ2v) is 2.26. The molecule has 0 fully saturated rings. The summed E-state index contributed by atoms with van der Waals surface area (Å²) in [5.41, 5.74) is 0. The van der Waals surface area contributed by atoms with Crippen LogP contribution in [0.3, 0.4) is 0 Å². The fourth-order valence-corrected chi connectivity index (χ4v) is 0.709. The van der Waals surface area contributed by atoms with Crippen molar-refractivity contribution in [1.29, 1.82) is 0 Å². The highest BCUT2D eigenvalue weighted by Gasteiger charge is 2.49. The van der Waals surface area contributed by atoms with Crippen LogP contribution < -0.4 is 0 Å². The minimum Gasteiger partial charge on any atom is -0.505 e. The fourth-order valence-electron chi connectivity index (χ4n) is 0.709. The lowest BCUT2D eigenvalue weighted by Gasteiger charge is -2.23. The minimum atomic E-state index is -4.02. The van der Waals surface area contributed by atoms with Crippen LogP contribution in [0, 0.1) is 0 Å². The Morgan fingerprint density at radius 3 is 2.42 bits per heavy atom. The lowest BCUT2D eigenvalue weighted by atomic mass is 10.0. The van der Waals surface area contributed by atoms with Gasteiger partial charge in [-0.2, -0.15) is 0 Å². The van der Waals surface area contributed by atoms with E-state index in [9.17, 15) is 17.6 Å². The average molecular weight is 184 g/mol. The maximum Gasteiger partial charge on any atom is 0.297 e. The van der Waals surface area contributed by atoms with Crippen LogP contribution in [0.4, 0.5) is 17.6 Å². The molecule has 0 saturated heterocycles. The largest absolute Gasteiger partial charge is 0.505 e. The van der Waals surface area contributed by atoms with Gasteiger partial charge in [0.05, 0.1) is 0 Å². The molecule has 0 saturated carbocycles. The molecular formula is C6H4F4O2. The smallest absolute Gasteiger partial charge is 0.297 e. The van der Waals surface area contributed by atoms with Gasteiger partial charge in [-0.1, -0.05) is 0 Å². The van der Waals surface area contributed by atoms with Gasteiger partial charge in [0.2, 0.25) is 6.17 Å². The zero-order chi connectivity index (χ0) is 9.52. The van der Waals surface area contributed by atoms with Crippen LogP contribution in [-0.4, -0.2) is 22.2 Å². The number of rotatable bonds is 0. The summed E-state index contributed by atoms with van der Waals surface area (Å²) in [5.74, 6) is -9.27. The Balaban J connectivity index is 3.16. The third-order valence-electron chi connectivity index (χ3n) is 1.40. The van der Waals surface area contributed by atoms with Gasteiger partial charge in [0.25, 0.3) is 5.85 Å². The van der Waals surface area contributed by atoms with Gasteiger partial charge >= 0.3 is 0 Å². The molecule has 2 N–H and O–H groups in total. The van der Waals surface area contributed by atoms with E-state index < -0.39 is 29.4 Å². The van der Waals surface area contributed by atoms with Crippen LogP contribution in [0.5, 0.6) is 0 Å². The molecule has 0 aliphatic heterocycles. The van der Waals surface area contributed by atoms with Crippen molar-refractivity contribution in [1.82, 2.24) is 0 Å². The number of aliphatic hydroxyl groups excluding tert-OH is 1. The van der Waals surface area contributed by atoms with E-state index >= 15 is 0 Å². The molecular weight excluding hydrogens is 180 g/mol. The molecule has 1 aliphatic carbocycles. The maximum absolute atomic E-state index is 12.4. The molecule has 68 valence electrons. The van der Waals surface area contributed by atoms with Gasteiger partial charge in [-0.3, -0.25) is 0 Å². The summed E-state index contributed by atoms with van der Waals surface area (Å²) in [6.45, 7) is 0. The Morgan fingerprint density at radius 1 is 1.42 bits per heavy atom. The SMILES string of the molecule is OC1=C(F)C(F)C(O)(F)C(F)=C1. The molecule has 0 amide bonds. The molecule has 0 bridgehead atoms. The Bertz CT molecular complexity index is 269. The lowest BCUT2D eigenvalue weighted by molar-refractivity contribution is -0.123. The number of aliphatic hydroxyl groups is 2. The van der Waals surface area contributed by atoms with Crippen molar-refractivity contribution in [3.05, 3.63) is 23.5 Å². The molecule has 12 heavy (non-hydrogen) atoms. The van der Waals surface area contributed by atoms with Crippen molar-refractivity contribution in [3.8, 4) is 0 Å². The third kappa shape index (κ3) is 1.08.